The van der Waals surface area contributed by atoms with Crippen LogP contribution in [0.1, 0.15) is 47.1 Å². The highest BCUT2D eigenvalue weighted by Gasteiger charge is 2.11. The largest absolute Gasteiger partial charge is 0.494 e. The third kappa shape index (κ3) is 10.6. The number of carbonyl (C=O) groups excluding carboxylic acids is 2. The van der Waals surface area contributed by atoms with E-state index < -0.39 is 5.97 Å². The first-order valence-corrected chi connectivity index (χ1v) is 7.88. The topological polar surface area (TPSA) is 64.6 Å². The van der Waals surface area contributed by atoms with Crippen LogP contribution in [0.3, 0.4) is 0 Å². The quantitative estimate of drug-likeness (QED) is 0.583. The lowest BCUT2D eigenvalue weighted by Gasteiger charge is -2.18. The van der Waals surface area contributed by atoms with E-state index in [9.17, 15) is 9.59 Å². The minimum atomic E-state index is -0.460. The average molecular weight is 337 g/mol. The molecule has 0 bridgehead atoms. The summed E-state index contributed by atoms with van der Waals surface area (Å²) in [5.41, 5.74) is 1.50. The summed E-state index contributed by atoms with van der Waals surface area (Å²) >= 11 is 0. The van der Waals surface area contributed by atoms with Gasteiger partial charge in [-0.3, -0.25) is 9.59 Å². The summed E-state index contributed by atoms with van der Waals surface area (Å²) in [6.07, 6.45) is 1.69. The fraction of sp³-hybridized carbons (Fsp3) is 0.579. The van der Waals surface area contributed by atoms with Gasteiger partial charge in [-0.05, 0) is 36.0 Å². The Morgan fingerprint density at radius 1 is 1.21 bits per heavy atom. The van der Waals surface area contributed by atoms with Crippen LogP contribution in [0.4, 0.5) is 0 Å². The Morgan fingerprint density at radius 2 is 1.92 bits per heavy atom. The molecule has 0 aliphatic carbocycles. The Bertz CT molecular complexity index is 520. The minimum Gasteiger partial charge on any atom is -0.494 e. The predicted molar refractivity (Wildman–Crippen MR) is 96.1 cm³/mol. The van der Waals surface area contributed by atoms with Gasteiger partial charge in [0.25, 0.3) is 5.91 Å². The predicted octanol–water partition coefficient (Wildman–Crippen LogP) is 3.36. The van der Waals surface area contributed by atoms with E-state index in [1.165, 1.54) is 12.5 Å². The number of ether oxygens (including phenoxy) is 2. The van der Waals surface area contributed by atoms with Gasteiger partial charge < -0.3 is 14.8 Å². The van der Waals surface area contributed by atoms with Crippen molar-refractivity contribution in [1.82, 2.24) is 5.32 Å². The molecule has 0 atom stereocenters. The Balaban J connectivity index is 0.00000529. The van der Waals surface area contributed by atoms with Crippen molar-refractivity contribution in [3.05, 3.63) is 29.8 Å². The molecule has 1 amide bonds. The van der Waals surface area contributed by atoms with E-state index in [4.69, 9.17) is 4.74 Å². The summed E-state index contributed by atoms with van der Waals surface area (Å²) in [4.78, 5) is 21.9. The molecule has 5 nitrogen and oxygen atoms in total. The van der Waals surface area contributed by atoms with Crippen LogP contribution >= 0.6 is 0 Å². The lowest BCUT2D eigenvalue weighted by Crippen LogP contribution is -2.29. The van der Waals surface area contributed by atoms with Crippen LogP contribution in [0.25, 0.3) is 0 Å². The van der Waals surface area contributed by atoms with Gasteiger partial charge in [-0.25, -0.2) is 0 Å². The minimum absolute atomic E-state index is 0. The molecule has 24 heavy (non-hydrogen) atoms. The molecule has 5 heteroatoms. The molecule has 1 N–H and O–H groups in total. The normalized spacial score (nSPS) is 10.5. The molecule has 0 aromatic heterocycles. The molecule has 0 aliphatic heterocycles. The highest BCUT2D eigenvalue weighted by atomic mass is 16.5. The number of carbonyl (C=O) groups is 2. The molecule has 0 unspecified atom stereocenters. The van der Waals surface area contributed by atoms with Crippen LogP contribution in [0.15, 0.2) is 24.3 Å². The van der Waals surface area contributed by atoms with Gasteiger partial charge in [0.15, 0.2) is 6.61 Å². The van der Waals surface area contributed by atoms with E-state index in [0.29, 0.717) is 19.6 Å². The van der Waals surface area contributed by atoms with Crippen molar-refractivity contribution in [3.63, 3.8) is 0 Å². The molecule has 0 fully saturated rings. The molecular weight excluding hydrogens is 306 g/mol. The van der Waals surface area contributed by atoms with Gasteiger partial charge in [0.1, 0.15) is 5.75 Å². The zero-order valence-corrected chi connectivity index (χ0v) is 14.5. The van der Waals surface area contributed by atoms with Crippen molar-refractivity contribution in [2.24, 2.45) is 5.41 Å². The number of rotatable bonds is 8. The second kappa shape index (κ2) is 10.7. The lowest BCUT2D eigenvalue weighted by atomic mass is 9.88. The number of hydrogen-bond donors (Lipinski definition) is 1. The second-order valence-electron chi connectivity index (χ2n) is 6.72. The summed E-state index contributed by atoms with van der Waals surface area (Å²) in [5, 5.41) is 2.67. The average Bonchev–Trinajstić information content (AvgIpc) is 2.43. The lowest BCUT2D eigenvalue weighted by molar-refractivity contribution is -0.146. The molecule has 0 heterocycles. The summed E-state index contributed by atoms with van der Waals surface area (Å²) in [5.74, 6) is 0.0870. The first kappa shape index (κ1) is 22.0. The number of benzene rings is 1. The van der Waals surface area contributed by atoms with Crippen molar-refractivity contribution in [3.8, 4) is 5.75 Å². The SMILES string of the molecule is C.CC(=O)OCC(=O)NCCCOc1cccc(CC(C)(C)C)c1. The van der Waals surface area contributed by atoms with Gasteiger partial charge in [-0.15, -0.1) is 0 Å². The molecule has 1 aromatic rings. The van der Waals surface area contributed by atoms with Crippen molar-refractivity contribution in [2.75, 3.05) is 19.8 Å². The standard InChI is InChI=1S/C18H27NO4.CH4/c1-14(20)23-13-17(21)19-9-6-10-22-16-8-5-7-15(11-16)12-18(2,3)4;/h5,7-8,11H,6,9-10,12-13H2,1-4H3,(H,19,21);1H4. The van der Waals surface area contributed by atoms with Crippen LogP contribution in [-0.4, -0.2) is 31.6 Å². The summed E-state index contributed by atoms with van der Waals surface area (Å²) in [6, 6.07) is 8.10. The molecule has 0 radical (unpaired) electrons. The number of esters is 1. The van der Waals surface area contributed by atoms with Crippen LogP contribution in [-0.2, 0) is 20.7 Å². The molecule has 0 spiro atoms. The van der Waals surface area contributed by atoms with Crippen LogP contribution in [0.2, 0.25) is 0 Å². The maximum absolute atomic E-state index is 11.3. The van der Waals surface area contributed by atoms with Gasteiger partial charge in [-0.2, -0.15) is 0 Å². The first-order valence-electron chi connectivity index (χ1n) is 7.88. The van der Waals surface area contributed by atoms with Crippen molar-refractivity contribution in [2.45, 2.75) is 48.0 Å². The van der Waals surface area contributed by atoms with Crippen molar-refractivity contribution >= 4 is 11.9 Å². The fourth-order valence-electron chi connectivity index (χ4n) is 2.07. The smallest absolute Gasteiger partial charge is 0.303 e. The zero-order chi connectivity index (χ0) is 17.3. The summed E-state index contributed by atoms with van der Waals surface area (Å²) < 4.78 is 10.3. The van der Waals surface area contributed by atoms with Crippen LogP contribution < -0.4 is 10.1 Å². The Morgan fingerprint density at radius 3 is 2.54 bits per heavy atom. The van der Waals surface area contributed by atoms with Gasteiger partial charge in [0, 0.05) is 13.5 Å². The molecular formula is C19H31NO4. The van der Waals surface area contributed by atoms with Crippen molar-refractivity contribution < 1.29 is 19.1 Å². The third-order valence-corrected chi connectivity index (χ3v) is 2.95. The van der Waals surface area contributed by atoms with Gasteiger partial charge in [0.2, 0.25) is 0 Å². The number of nitrogens with one attached hydrogen (secondary N) is 1. The van der Waals surface area contributed by atoms with Crippen molar-refractivity contribution in [1.29, 1.82) is 0 Å². The molecule has 1 aromatic carbocycles. The Labute approximate surface area is 145 Å². The second-order valence-corrected chi connectivity index (χ2v) is 6.72. The highest BCUT2D eigenvalue weighted by Crippen LogP contribution is 2.23. The fourth-order valence-corrected chi connectivity index (χ4v) is 2.07. The highest BCUT2D eigenvalue weighted by molar-refractivity contribution is 5.79. The third-order valence-electron chi connectivity index (χ3n) is 2.95. The van der Waals surface area contributed by atoms with E-state index in [2.05, 4.69) is 43.0 Å². The van der Waals surface area contributed by atoms with Crippen LogP contribution in [0, 0.1) is 5.41 Å². The molecule has 1 rings (SSSR count). The van der Waals surface area contributed by atoms with E-state index in [1.807, 2.05) is 12.1 Å². The van der Waals surface area contributed by atoms with Crippen LogP contribution in [0.5, 0.6) is 5.75 Å². The number of amides is 1. The maximum Gasteiger partial charge on any atom is 0.303 e. The van der Waals surface area contributed by atoms with E-state index >= 15 is 0 Å². The van der Waals surface area contributed by atoms with Gasteiger partial charge in [0.05, 0.1) is 6.61 Å². The summed E-state index contributed by atoms with van der Waals surface area (Å²) in [6.45, 7) is 8.67. The molecule has 0 saturated carbocycles. The van der Waals surface area contributed by atoms with Gasteiger partial charge in [-0.1, -0.05) is 40.3 Å². The van der Waals surface area contributed by atoms with E-state index in [-0.39, 0.29) is 25.4 Å². The summed E-state index contributed by atoms with van der Waals surface area (Å²) in [7, 11) is 0. The van der Waals surface area contributed by atoms with E-state index in [0.717, 1.165) is 12.2 Å². The Hall–Kier alpha value is -2.04. The molecule has 0 saturated heterocycles. The maximum atomic E-state index is 11.3. The molecule has 0 aliphatic rings. The molecule has 136 valence electrons. The number of hydrogen-bond acceptors (Lipinski definition) is 4. The van der Waals surface area contributed by atoms with E-state index in [1.54, 1.807) is 0 Å². The first-order chi connectivity index (χ1) is 10.8. The zero-order valence-electron chi connectivity index (χ0n) is 14.5. The Kier molecular flexibility index (Phi) is 9.77. The van der Waals surface area contributed by atoms with Gasteiger partial charge >= 0.3 is 5.97 Å². The monoisotopic (exact) mass is 337 g/mol.